The Morgan fingerprint density at radius 2 is 2.26 bits per heavy atom. The average molecular weight is 260 g/mol. The van der Waals surface area contributed by atoms with E-state index in [1.165, 1.54) is 18.9 Å². The van der Waals surface area contributed by atoms with Gasteiger partial charge < -0.3 is 10.2 Å². The highest BCUT2D eigenvalue weighted by Gasteiger charge is 2.26. The van der Waals surface area contributed by atoms with Gasteiger partial charge in [0.05, 0.1) is 6.54 Å². The van der Waals surface area contributed by atoms with Crippen LogP contribution in [0.25, 0.3) is 0 Å². The summed E-state index contributed by atoms with van der Waals surface area (Å²) in [5, 5.41) is 3.11. The number of hydrogen-bond donors (Lipinski definition) is 1. The maximum Gasteiger partial charge on any atom is 0.130 e. The summed E-state index contributed by atoms with van der Waals surface area (Å²) in [5.74, 6) is 3.23. The van der Waals surface area contributed by atoms with E-state index in [2.05, 4.69) is 16.1 Å². The Hall–Kier alpha value is -1.53. The predicted molar refractivity (Wildman–Crippen MR) is 77.6 cm³/mol. The monoisotopic (exact) mass is 260 g/mol. The van der Waals surface area contributed by atoms with Crippen molar-refractivity contribution < 1.29 is 4.39 Å². The van der Waals surface area contributed by atoms with Crippen molar-refractivity contribution in [1.29, 1.82) is 0 Å². The van der Waals surface area contributed by atoms with Crippen molar-refractivity contribution in [3.05, 3.63) is 29.6 Å². The van der Waals surface area contributed by atoms with E-state index in [9.17, 15) is 4.39 Å². The summed E-state index contributed by atoms with van der Waals surface area (Å²) in [6.07, 6.45) is 7.97. The molecule has 1 fully saturated rings. The van der Waals surface area contributed by atoms with Crippen LogP contribution in [0.4, 0.5) is 10.1 Å². The van der Waals surface area contributed by atoms with E-state index >= 15 is 0 Å². The van der Waals surface area contributed by atoms with E-state index in [-0.39, 0.29) is 11.9 Å². The second-order valence-corrected chi connectivity index (χ2v) is 5.21. The first-order valence-corrected chi connectivity index (χ1v) is 6.81. The molecule has 1 N–H and O–H groups in total. The standard InChI is InChI=1S/C16H21FN2/c1-4-10-19(11-13-8-9-13)15-7-5-6-14(17)16(15)12(2)18-3/h1,5-7,12-13,18H,8-11H2,2-3H3. The van der Waals surface area contributed by atoms with Crippen LogP contribution in [0.5, 0.6) is 0 Å². The van der Waals surface area contributed by atoms with Gasteiger partial charge in [0.25, 0.3) is 0 Å². The zero-order chi connectivity index (χ0) is 13.8. The Balaban J connectivity index is 2.34. The molecule has 102 valence electrons. The molecule has 0 saturated heterocycles. The molecule has 1 saturated carbocycles. The van der Waals surface area contributed by atoms with E-state index in [1.54, 1.807) is 6.07 Å². The second-order valence-electron chi connectivity index (χ2n) is 5.21. The number of anilines is 1. The number of rotatable bonds is 6. The summed E-state index contributed by atoms with van der Waals surface area (Å²) in [7, 11) is 1.84. The summed E-state index contributed by atoms with van der Waals surface area (Å²) in [6, 6.07) is 5.20. The minimum atomic E-state index is -0.169. The van der Waals surface area contributed by atoms with Gasteiger partial charge >= 0.3 is 0 Å². The van der Waals surface area contributed by atoms with Crippen LogP contribution in [0.2, 0.25) is 0 Å². The summed E-state index contributed by atoms with van der Waals surface area (Å²) in [6.45, 7) is 3.42. The molecule has 0 aromatic heterocycles. The number of benzene rings is 1. The van der Waals surface area contributed by atoms with Gasteiger partial charge in [0.2, 0.25) is 0 Å². The van der Waals surface area contributed by atoms with Crippen LogP contribution in [0, 0.1) is 24.1 Å². The van der Waals surface area contributed by atoms with Gasteiger partial charge in [0, 0.05) is 23.8 Å². The predicted octanol–water partition coefficient (Wildman–Crippen LogP) is 2.96. The summed E-state index contributed by atoms with van der Waals surface area (Å²) in [4.78, 5) is 2.13. The lowest BCUT2D eigenvalue weighted by atomic mass is 10.0. The summed E-state index contributed by atoms with van der Waals surface area (Å²) < 4.78 is 14.1. The van der Waals surface area contributed by atoms with E-state index in [1.807, 2.05) is 20.0 Å². The second kappa shape index (κ2) is 6.08. The molecular formula is C16H21FN2. The van der Waals surface area contributed by atoms with Gasteiger partial charge in [-0.2, -0.15) is 0 Å². The van der Waals surface area contributed by atoms with Gasteiger partial charge in [-0.1, -0.05) is 12.0 Å². The molecule has 1 aromatic carbocycles. The molecule has 0 aliphatic heterocycles. The lowest BCUT2D eigenvalue weighted by Gasteiger charge is -2.27. The zero-order valence-corrected chi connectivity index (χ0v) is 11.6. The lowest BCUT2D eigenvalue weighted by Crippen LogP contribution is -2.29. The molecule has 1 aromatic rings. The largest absolute Gasteiger partial charge is 0.360 e. The van der Waals surface area contributed by atoms with Gasteiger partial charge in [-0.05, 0) is 44.9 Å². The molecule has 1 aliphatic carbocycles. The number of hydrogen-bond acceptors (Lipinski definition) is 2. The van der Waals surface area contributed by atoms with Crippen LogP contribution in [0.15, 0.2) is 18.2 Å². The quantitative estimate of drug-likeness (QED) is 0.791. The Kier molecular flexibility index (Phi) is 4.44. The highest BCUT2D eigenvalue weighted by Crippen LogP contribution is 2.34. The number of terminal acetylenes is 1. The van der Waals surface area contributed by atoms with Crippen LogP contribution in [0.3, 0.4) is 0 Å². The van der Waals surface area contributed by atoms with E-state index in [4.69, 9.17) is 6.42 Å². The Morgan fingerprint density at radius 1 is 1.53 bits per heavy atom. The molecule has 0 radical (unpaired) electrons. The van der Waals surface area contributed by atoms with Crippen LogP contribution >= 0.6 is 0 Å². The summed E-state index contributed by atoms with van der Waals surface area (Å²) >= 11 is 0. The Labute approximate surface area is 115 Å². The van der Waals surface area contributed by atoms with Crippen molar-refractivity contribution in [2.75, 3.05) is 25.0 Å². The average Bonchev–Trinajstić information content (AvgIpc) is 3.21. The zero-order valence-electron chi connectivity index (χ0n) is 11.6. The van der Waals surface area contributed by atoms with E-state index in [0.29, 0.717) is 18.0 Å². The van der Waals surface area contributed by atoms with Crippen LogP contribution < -0.4 is 10.2 Å². The van der Waals surface area contributed by atoms with Crippen LogP contribution in [0.1, 0.15) is 31.4 Å². The molecule has 0 amide bonds. The van der Waals surface area contributed by atoms with Crippen LogP contribution in [-0.4, -0.2) is 20.1 Å². The molecule has 0 spiro atoms. The van der Waals surface area contributed by atoms with E-state index < -0.39 is 0 Å². The Bertz CT molecular complexity index is 474. The highest BCUT2D eigenvalue weighted by atomic mass is 19.1. The van der Waals surface area contributed by atoms with Crippen molar-refractivity contribution in [3.63, 3.8) is 0 Å². The molecule has 1 atom stereocenters. The molecule has 19 heavy (non-hydrogen) atoms. The topological polar surface area (TPSA) is 15.3 Å². The van der Waals surface area contributed by atoms with Crippen LogP contribution in [-0.2, 0) is 0 Å². The maximum atomic E-state index is 14.1. The number of nitrogens with one attached hydrogen (secondary N) is 1. The van der Waals surface area contributed by atoms with Gasteiger partial charge in [-0.25, -0.2) is 4.39 Å². The molecule has 2 rings (SSSR count). The lowest BCUT2D eigenvalue weighted by molar-refractivity contribution is 0.559. The van der Waals surface area contributed by atoms with Crippen molar-refractivity contribution in [3.8, 4) is 12.3 Å². The normalized spacial score (nSPS) is 15.9. The maximum absolute atomic E-state index is 14.1. The van der Waals surface area contributed by atoms with Gasteiger partial charge in [-0.3, -0.25) is 0 Å². The minimum absolute atomic E-state index is 0.0318. The van der Waals surface area contributed by atoms with Crippen molar-refractivity contribution in [2.45, 2.75) is 25.8 Å². The summed E-state index contributed by atoms with van der Waals surface area (Å²) in [5.41, 5.74) is 1.63. The van der Waals surface area contributed by atoms with Gasteiger partial charge in [-0.15, -0.1) is 6.42 Å². The molecule has 3 heteroatoms. The first-order valence-electron chi connectivity index (χ1n) is 6.81. The molecule has 0 bridgehead atoms. The molecule has 0 heterocycles. The smallest absolute Gasteiger partial charge is 0.130 e. The number of halogens is 1. The molecule has 1 aliphatic rings. The fourth-order valence-corrected chi connectivity index (χ4v) is 2.34. The molecule has 1 unspecified atom stereocenters. The third-order valence-electron chi connectivity index (χ3n) is 3.69. The highest BCUT2D eigenvalue weighted by molar-refractivity contribution is 5.56. The van der Waals surface area contributed by atoms with Crippen molar-refractivity contribution >= 4 is 5.69 Å². The Morgan fingerprint density at radius 3 is 2.84 bits per heavy atom. The number of nitrogens with zero attached hydrogens (tertiary/aromatic N) is 1. The SMILES string of the molecule is C#CCN(CC1CC1)c1cccc(F)c1C(C)NC. The first kappa shape index (κ1) is 13.9. The fourth-order valence-electron chi connectivity index (χ4n) is 2.34. The van der Waals surface area contributed by atoms with E-state index in [0.717, 1.165) is 12.2 Å². The fraction of sp³-hybridized carbons (Fsp3) is 0.500. The third kappa shape index (κ3) is 3.27. The first-order chi connectivity index (χ1) is 9.17. The minimum Gasteiger partial charge on any atom is -0.360 e. The third-order valence-corrected chi connectivity index (χ3v) is 3.69. The van der Waals surface area contributed by atoms with Gasteiger partial charge in [0.1, 0.15) is 5.82 Å². The van der Waals surface area contributed by atoms with Crippen molar-refractivity contribution in [2.24, 2.45) is 5.92 Å². The van der Waals surface area contributed by atoms with Gasteiger partial charge in [0.15, 0.2) is 0 Å². The molecular weight excluding hydrogens is 239 g/mol. The van der Waals surface area contributed by atoms with Crippen molar-refractivity contribution in [1.82, 2.24) is 5.32 Å². The molecule has 2 nitrogen and oxygen atoms in total.